The monoisotopic (exact) mass is 503 g/mol. The Kier molecular flexibility index (Phi) is 7.23. The van der Waals surface area contributed by atoms with E-state index in [1.54, 1.807) is 51.3 Å². The molecule has 1 aliphatic rings. The van der Waals surface area contributed by atoms with Gasteiger partial charge < -0.3 is 10.1 Å². The van der Waals surface area contributed by atoms with Crippen molar-refractivity contribution in [3.05, 3.63) is 81.1 Å². The van der Waals surface area contributed by atoms with Gasteiger partial charge in [-0.15, -0.1) is 0 Å². The maximum absolute atomic E-state index is 13.3. The predicted octanol–water partition coefficient (Wildman–Crippen LogP) is 4.42. The van der Waals surface area contributed by atoms with Crippen LogP contribution in [0.15, 0.2) is 53.3 Å². The first-order valence-electron chi connectivity index (χ1n) is 11.4. The van der Waals surface area contributed by atoms with Crippen LogP contribution < -0.4 is 16.2 Å². The summed E-state index contributed by atoms with van der Waals surface area (Å²) in [5, 5.41) is 8.21. The third kappa shape index (κ3) is 5.47. The summed E-state index contributed by atoms with van der Waals surface area (Å²) in [6.07, 6.45) is -4.39. The van der Waals surface area contributed by atoms with Crippen LogP contribution in [0.1, 0.15) is 41.3 Å². The van der Waals surface area contributed by atoms with Crippen molar-refractivity contribution in [1.82, 2.24) is 20.0 Å². The summed E-state index contributed by atoms with van der Waals surface area (Å²) in [7, 11) is 1.56. The lowest BCUT2D eigenvalue weighted by molar-refractivity contribution is -0.152. The third-order valence-electron chi connectivity index (χ3n) is 6.32. The highest BCUT2D eigenvalue weighted by Gasteiger charge is 2.38. The minimum atomic E-state index is -4.39. The predicted molar refractivity (Wildman–Crippen MR) is 129 cm³/mol. The van der Waals surface area contributed by atoms with Crippen LogP contribution in [0.3, 0.4) is 0 Å². The molecule has 0 saturated carbocycles. The van der Waals surface area contributed by atoms with Crippen molar-refractivity contribution in [3.8, 4) is 5.69 Å². The van der Waals surface area contributed by atoms with Gasteiger partial charge in [-0.3, -0.25) is 20.1 Å². The van der Waals surface area contributed by atoms with Gasteiger partial charge >= 0.3 is 12.2 Å². The van der Waals surface area contributed by atoms with Crippen LogP contribution in [0.4, 0.5) is 23.8 Å². The number of urea groups is 1. The minimum absolute atomic E-state index is 0.0326. The smallest absolute Gasteiger partial charge is 0.380 e. The van der Waals surface area contributed by atoms with E-state index in [9.17, 15) is 22.8 Å². The topological polar surface area (TPSA) is 91.4 Å². The Balaban J connectivity index is 1.63. The van der Waals surface area contributed by atoms with Crippen LogP contribution in [0.5, 0.6) is 0 Å². The maximum Gasteiger partial charge on any atom is 0.401 e. The number of carbonyl (C=O) groups excluding carboxylic acids is 1. The summed E-state index contributed by atoms with van der Waals surface area (Å²) in [5.74, 6) is 0.244. The SMILES string of the molecule is COCc1ccc2c(c1)C(NC(=O)Nc1c(C)c(=O)[nH]n1-c1ccccc1)CN(CC(F)(F)F)C2C. The van der Waals surface area contributed by atoms with Crippen molar-refractivity contribution < 1.29 is 22.7 Å². The van der Waals surface area contributed by atoms with E-state index >= 15 is 0 Å². The van der Waals surface area contributed by atoms with E-state index in [2.05, 4.69) is 15.7 Å². The second kappa shape index (κ2) is 10.2. The fraction of sp³-hybridized carbons (Fsp3) is 0.360. The zero-order valence-electron chi connectivity index (χ0n) is 20.1. The fourth-order valence-corrected chi connectivity index (χ4v) is 4.54. The van der Waals surface area contributed by atoms with Crippen molar-refractivity contribution in [2.75, 3.05) is 25.5 Å². The van der Waals surface area contributed by atoms with E-state index in [4.69, 9.17) is 4.74 Å². The first kappa shape index (κ1) is 25.5. The number of hydrogen-bond donors (Lipinski definition) is 3. The fourth-order valence-electron chi connectivity index (χ4n) is 4.54. The Hall–Kier alpha value is -3.57. The average Bonchev–Trinajstić information content (AvgIpc) is 3.10. The van der Waals surface area contributed by atoms with E-state index in [-0.39, 0.29) is 17.9 Å². The van der Waals surface area contributed by atoms with Gasteiger partial charge in [-0.05, 0) is 42.7 Å². The number of benzene rings is 2. The molecule has 2 unspecified atom stereocenters. The molecule has 0 bridgehead atoms. The van der Waals surface area contributed by atoms with E-state index in [0.717, 1.165) is 11.1 Å². The van der Waals surface area contributed by atoms with Gasteiger partial charge in [0.1, 0.15) is 5.82 Å². The molecule has 2 atom stereocenters. The van der Waals surface area contributed by atoms with Gasteiger partial charge in [0.15, 0.2) is 0 Å². The second-order valence-corrected chi connectivity index (χ2v) is 8.85. The van der Waals surface area contributed by atoms with Crippen molar-refractivity contribution in [2.45, 2.75) is 38.7 Å². The number of amides is 2. The molecule has 0 spiro atoms. The number of halogens is 3. The summed E-state index contributed by atoms with van der Waals surface area (Å²) >= 11 is 0. The van der Waals surface area contributed by atoms with Crippen molar-refractivity contribution in [3.63, 3.8) is 0 Å². The molecule has 2 aromatic carbocycles. The molecule has 0 saturated heterocycles. The van der Waals surface area contributed by atoms with E-state index < -0.39 is 30.8 Å². The molecule has 2 heterocycles. The van der Waals surface area contributed by atoms with Gasteiger partial charge in [0.25, 0.3) is 5.56 Å². The van der Waals surface area contributed by atoms with Crippen LogP contribution in [-0.4, -0.2) is 47.1 Å². The summed E-state index contributed by atoms with van der Waals surface area (Å²) < 4.78 is 46.5. The number of hydrogen-bond acceptors (Lipinski definition) is 4. The summed E-state index contributed by atoms with van der Waals surface area (Å²) in [5.41, 5.74) is 2.85. The lowest BCUT2D eigenvalue weighted by Crippen LogP contribution is -2.47. The van der Waals surface area contributed by atoms with Gasteiger partial charge in [-0.2, -0.15) is 13.2 Å². The molecule has 1 aliphatic heterocycles. The molecule has 3 N–H and O–H groups in total. The van der Waals surface area contributed by atoms with Crippen LogP contribution in [0.2, 0.25) is 0 Å². The number of para-hydroxylation sites is 1. The molecule has 192 valence electrons. The largest absolute Gasteiger partial charge is 0.401 e. The maximum atomic E-state index is 13.3. The minimum Gasteiger partial charge on any atom is -0.380 e. The summed E-state index contributed by atoms with van der Waals surface area (Å²) in [6.45, 7) is 2.50. The Morgan fingerprint density at radius 1 is 1.17 bits per heavy atom. The molecule has 2 amide bonds. The quantitative estimate of drug-likeness (QED) is 0.465. The zero-order valence-corrected chi connectivity index (χ0v) is 20.1. The Morgan fingerprint density at radius 3 is 2.56 bits per heavy atom. The van der Waals surface area contributed by atoms with E-state index in [0.29, 0.717) is 23.4 Å². The summed E-state index contributed by atoms with van der Waals surface area (Å²) in [4.78, 5) is 26.7. The first-order valence-corrected chi connectivity index (χ1v) is 11.4. The highest BCUT2D eigenvalue weighted by molar-refractivity contribution is 5.89. The highest BCUT2D eigenvalue weighted by atomic mass is 19.4. The number of anilines is 1. The number of nitrogens with one attached hydrogen (secondary N) is 3. The molecule has 0 aliphatic carbocycles. The Labute approximate surface area is 206 Å². The molecule has 0 fully saturated rings. The molecular formula is C25H28F3N5O3. The molecule has 4 rings (SSSR count). The Morgan fingerprint density at radius 2 is 1.89 bits per heavy atom. The van der Waals surface area contributed by atoms with Gasteiger partial charge in [-0.25, -0.2) is 9.48 Å². The third-order valence-corrected chi connectivity index (χ3v) is 6.32. The standard InChI is InChI=1S/C25H28F3N5O3/c1-15-22(33(31-23(15)34)18-7-5-4-6-8-18)30-24(35)29-21-12-32(14-25(26,27)28)16(2)19-10-9-17(13-36-3)11-20(19)21/h4-11,16,21H,12-14H2,1-3H3,(H,31,34)(H2,29,30,35). The number of ether oxygens (including phenoxy) is 1. The second-order valence-electron chi connectivity index (χ2n) is 8.85. The number of rotatable bonds is 6. The number of alkyl halides is 3. The molecule has 11 heteroatoms. The number of fused-ring (bicyclic) bond motifs is 1. The number of methoxy groups -OCH3 is 1. The Bertz CT molecular complexity index is 1290. The van der Waals surface area contributed by atoms with Crippen molar-refractivity contribution in [1.29, 1.82) is 0 Å². The van der Waals surface area contributed by atoms with Crippen molar-refractivity contribution >= 4 is 11.8 Å². The first-order chi connectivity index (χ1) is 17.1. The molecule has 8 nitrogen and oxygen atoms in total. The zero-order chi connectivity index (χ0) is 26.0. The van der Waals surface area contributed by atoms with Gasteiger partial charge in [0.2, 0.25) is 0 Å². The van der Waals surface area contributed by atoms with Crippen LogP contribution >= 0.6 is 0 Å². The average molecular weight is 504 g/mol. The lowest BCUT2D eigenvalue weighted by atomic mass is 9.88. The molecule has 3 aromatic rings. The van der Waals surface area contributed by atoms with Gasteiger partial charge in [-0.1, -0.05) is 36.4 Å². The lowest BCUT2D eigenvalue weighted by Gasteiger charge is -2.40. The molecular weight excluding hydrogens is 475 g/mol. The normalized spacial score (nSPS) is 18.1. The molecule has 0 radical (unpaired) electrons. The number of H-pyrrole nitrogens is 1. The highest BCUT2D eigenvalue weighted by Crippen LogP contribution is 2.37. The van der Waals surface area contributed by atoms with Gasteiger partial charge in [0, 0.05) is 19.7 Å². The number of carbonyl (C=O) groups is 1. The number of aromatic nitrogens is 2. The van der Waals surface area contributed by atoms with E-state index in [1.807, 2.05) is 18.2 Å². The number of nitrogens with zero attached hydrogens (tertiary/aromatic N) is 2. The van der Waals surface area contributed by atoms with E-state index in [1.165, 1.54) is 9.58 Å². The van der Waals surface area contributed by atoms with Crippen LogP contribution in [0.25, 0.3) is 5.69 Å². The van der Waals surface area contributed by atoms with Crippen LogP contribution in [0, 0.1) is 6.92 Å². The molecule has 1 aromatic heterocycles. The van der Waals surface area contributed by atoms with Crippen LogP contribution in [-0.2, 0) is 11.3 Å². The summed E-state index contributed by atoms with van der Waals surface area (Å²) in [6, 6.07) is 12.5. The number of aromatic amines is 1. The van der Waals surface area contributed by atoms with Gasteiger partial charge in [0.05, 0.1) is 30.4 Å². The molecule has 36 heavy (non-hydrogen) atoms. The van der Waals surface area contributed by atoms with Crippen molar-refractivity contribution in [2.24, 2.45) is 0 Å².